The van der Waals surface area contributed by atoms with Gasteiger partial charge < -0.3 is 30.4 Å². The van der Waals surface area contributed by atoms with Gasteiger partial charge in [-0.05, 0) is 0 Å². The molecule has 120 valence electrons. The summed E-state index contributed by atoms with van der Waals surface area (Å²) < 4.78 is 11.7. The number of nitrogen functional groups attached to an aromatic ring is 1. The molecule has 0 bridgehead atoms. The lowest BCUT2D eigenvalue weighted by Gasteiger charge is -2.19. The van der Waals surface area contributed by atoms with Gasteiger partial charge in [-0.15, -0.1) is 0 Å². The van der Waals surface area contributed by atoms with E-state index in [9.17, 15) is 19.8 Å². The van der Waals surface area contributed by atoms with Crippen molar-refractivity contribution >= 4 is 17.0 Å². The van der Waals surface area contributed by atoms with Gasteiger partial charge in [-0.3, -0.25) is 4.98 Å². The molecule has 2 aromatic rings. The highest BCUT2D eigenvalue weighted by Crippen LogP contribution is 2.32. The van der Waals surface area contributed by atoms with Gasteiger partial charge in [0.2, 0.25) is 0 Å². The number of aromatic nitrogens is 4. The van der Waals surface area contributed by atoms with Gasteiger partial charge in [0.25, 0.3) is 0 Å². The molecule has 11 heteroatoms. The zero-order chi connectivity index (χ0) is 16.0. The maximum atomic E-state index is 12.2. The highest BCUT2D eigenvalue weighted by molar-refractivity contribution is 5.81. The summed E-state index contributed by atoms with van der Waals surface area (Å²) in [6.07, 6.45) is -4.05. The van der Waals surface area contributed by atoms with Gasteiger partial charge in [0, 0.05) is 7.11 Å². The molecule has 0 aliphatic carbocycles. The third kappa shape index (κ3) is 2.02. The number of rotatable bonds is 3. The highest BCUT2D eigenvalue weighted by atomic mass is 16.6. The Bertz CT molecular complexity index is 809. The Morgan fingerprint density at radius 1 is 1.45 bits per heavy atom. The zero-order valence-corrected chi connectivity index (χ0v) is 11.5. The summed E-state index contributed by atoms with van der Waals surface area (Å²) in [6, 6.07) is 0. The molecule has 22 heavy (non-hydrogen) atoms. The number of hydrogen-bond donors (Lipinski definition) is 5. The minimum absolute atomic E-state index is 0.0240. The van der Waals surface area contributed by atoms with Crippen LogP contribution in [-0.4, -0.2) is 61.8 Å². The van der Waals surface area contributed by atoms with Gasteiger partial charge >= 0.3 is 11.4 Å². The first-order valence-electron chi connectivity index (χ1n) is 6.45. The van der Waals surface area contributed by atoms with Gasteiger partial charge in [0.15, 0.2) is 11.9 Å². The molecular formula is C11H15N5O6. The van der Waals surface area contributed by atoms with Crippen molar-refractivity contribution in [3.63, 3.8) is 0 Å². The molecule has 11 nitrogen and oxygen atoms in total. The smallest absolute Gasteiger partial charge is 0.348 e. The first kappa shape index (κ1) is 14.7. The molecule has 0 radical (unpaired) electrons. The predicted molar refractivity (Wildman–Crippen MR) is 73.2 cm³/mol. The number of nitrogens with two attached hydrogens (primary N) is 1. The molecule has 1 aliphatic rings. The van der Waals surface area contributed by atoms with Crippen LogP contribution in [0.1, 0.15) is 6.23 Å². The number of nitrogens with one attached hydrogen (secondary N) is 2. The Hall–Kier alpha value is -2.21. The average molecular weight is 313 g/mol. The van der Waals surface area contributed by atoms with E-state index in [1.54, 1.807) is 0 Å². The number of anilines is 1. The molecule has 0 amide bonds. The van der Waals surface area contributed by atoms with E-state index in [0.29, 0.717) is 0 Å². The van der Waals surface area contributed by atoms with Crippen LogP contribution < -0.4 is 17.1 Å². The molecule has 2 aromatic heterocycles. The summed E-state index contributed by atoms with van der Waals surface area (Å²) in [4.78, 5) is 32.1. The lowest BCUT2D eigenvalue weighted by atomic mass is 10.1. The average Bonchev–Trinajstić information content (AvgIpc) is 2.95. The van der Waals surface area contributed by atoms with Crippen LogP contribution in [-0.2, 0) is 9.47 Å². The summed E-state index contributed by atoms with van der Waals surface area (Å²) in [6.45, 7) is -0.454. The van der Waals surface area contributed by atoms with Gasteiger partial charge in [0.1, 0.15) is 29.6 Å². The van der Waals surface area contributed by atoms with Crippen LogP contribution in [0.3, 0.4) is 0 Å². The van der Waals surface area contributed by atoms with Crippen LogP contribution in [0.15, 0.2) is 9.59 Å². The molecule has 1 saturated heterocycles. The number of fused-ring (bicyclic) bond motifs is 1. The Balaban J connectivity index is 2.20. The van der Waals surface area contributed by atoms with E-state index < -0.39 is 42.5 Å². The van der Waals surface area contributed by atoms with Gasteiger partial charge in [-0.2, -0.15) is 4.98 Å². The summed E-state index contributed by atoms with van der Waals surface area (Å²) in [5, 5.41) is 19.3. The van der Waals surface area contributed by atoms with Crippen molar-refractivity contribution in [1.29, 1.82) is 0 Å². The largest absolute Gasteiger partial charge is 0.394 e. The fourth-order valence-electron chi connectivity index (χ4n) is 2.61. The highest BCUT2D eigenvalue weighted by Gasteiger charge is 2.46. The van der Waals surface area contributed by atoms with Gasteiger partial charge in [-0.1, -0.05) is 0 Å². The second kappa shape index (κ2) is 5.21. The number of H-pyrrole nitrogens is 2. The number of aliphatic hydroxyl groups excluding tert-OH is 2. The first-order chi connectivity index (χ1) is 10.5. The number of hydrogen-bond acceptors (Lipinski definition) is 8. The maximum Gasteiger partial charge on any atom is 0.348 e. The maximum absolute atomic E-state index is 12.2. The summed E-state index contributed by atoms with van der Waals surface area (Å²) >= 11 is 0. The van der Waals surface area contributed by atoms with E-state index in [2.05, 4.69) is 15.0 Å². The van der Waals surface area contributed by atoms with Crippen molar-refractivity contribution in [2.45, 2.75) is 24.5 Å². The van der Waals surface area contributed by atoms with E-state index in [1.165, 1.54) is 7.11 Å². The number of ether oxygens (including phenoxy) is 2. The third-order valence-corrected chi connectivity index (χ3v) is 3.64. The topological polar surface area (TPSA) is 168 Å². The number of imidazole rings is 1. The molecular weight excluding hydrogens is 298 g/mol. The molecule has 0 spiro atoms. The van der Waals surface area contributed by atoms with Crippen molar-refractivity contribution in [2.24, 2.45) is 0 Å². The second-order valence-electron chi connectivity index (χ2n) is 4.89. The SMILES string of the molecule is CO[C@@H]1[C@H](O)[C@@H](CO)O[C@H]1n1c(=O)[nH]c2c(N)[nH]c(=O)nc21. The van der Waals surface area contributed by atoms with E-state index in [4.69, 9.17) is 15.2 Å². The molecule has 3 heterocycles. The van der Waals surface area contributed by atoms with Crippen LogP contribution >= 0.6 is 0 Å². The molecule has 1 aliphatic heterocycles. The monoisotopic (exact) mass is 313 g/mol. The van der Waals surface area contributed by atoms with E-state index in [1.807, 2.05) is 0 Å². The van der Waals surface area contributed by atoms with Crippen LogP contribution in [0.25, 0.3) is 11.2 Å². The third-order valence-electron chi connectivity index (χ3n) is 3.64. The van der Waals surface area contributed by atoms with Crippen molar-refractivity contribution in [3.05, 3.63) is 21.0 Å². The van der Waals surface area contributed by atoms with E-state index in [0.717, 1.165) is 4.57 Å². The van der Waals surface area contributed by atoms with Crippen LogP contribution in [0, 0.1) is 0 Å². The van der Waals surface area contributed by atoms with Crippen LogP contribution in [0.5, 0.6) is 0 Å². The molecule has 1 fully saturated rings. The number of nitrogens with zero attached hydrogens (tertiary/aromatic N) is 2. The number of methoxy groups -OCH3 is 1. The zero-order valence-electron chi connectivity index (χ0n) is 11.5. The van der Waals surface area contributed by atoms with Crippen molar-refractivity contribution < 1.29 is 19.7 Å². The quantitative estimate of drug-likeness (QED) is 0.406. The minimum atomic E-state index is -1.14. The fraction of sp³-hybridized carbons (Fsp3) is 0.545. The molecule has 4 atom stereocenters. The summed E-state index contributed by atoms with van der Waals surface area (Å²) in [7, 11) is 1.33. The Morgan fingerprint density at radius 2 is 2.18 bits per heavy atom. The predicted octanol–water partition coefficient (Wildman–Crippen LogP) is -2.74. The lowest BCUT2D eigenvalue weighted by molar-refractivity contribution is -0.0598. The number of aliphatic hydroxyl groups is 2. The Labute approximate surface area is 122 Å². The van der Waals surface area contributed by atoms with Crippen molar-refractivity contribution in [3.8, 4) is 0 Å². The Morgan fingerprint density at radius 3 is 2.82 bits per heavy atom. The molecule has 0 saturated carbocycles. The lowest BCUT2D eigenvalue weighted by Crippen LogP contribution is -2.36. The van der Waals surface area contributed by atoms with Crippen molar-refractivity contribution in [1.82, 2.24) is 19.5 Å². The molecule has 0 aromatic carbocycles. The second-order valence-corrected chi connectivity index (χ2v) is 4.89. The normalized spacial score (nSPS) is 28.5. The molecule has 3 rings (SSSR count). The Kier molecular flexibility index (Phi) is 3.48. The van der Waals surface area contributed by atoms with Gasteiger partial charge in [0.05, 0.1) is 6.61 Å². The van der Waals surface area contributed by atoms with E-state index >= 15 is 0 Å². The number of aromatic amines is 2. The standard InChI is InChI=1S/C11H15N5O6/c1-21-6-5(18)3(2-17)22-9(6)16-8-4(13-11(16)20)7(12)14-10(19)15-8/h3,5-6,9,17-18H,2H2,1H3,(H,13,20)(H3,12,14,15,19)/t3-,5-,6-,9-/m1/s1. The van der Waals surface area contributed by atoms with Gasteiger partial charge in [-0.25, -0.2) is 14.2 Å². The summed E-state index contributed by atoms with van der Waals surface area (Å²) in [5.41, 5.74) is 4.40. The fourth-order valence-corrected chi connectivity index (χ4v) is 2.61. The van der Waals surface area contributed by atoms with Crippen molar-refractivity contribution in [2.75, 3.05) is 19.5 Å². The van der Waals surface area contributed by atoms with Crippen LogP contribution in [0.2, 0.25) is 0 Å². The first-order valence-corrected chi connectivity index (χ1v) is 6.45. The van der Waals surface area contributed by atoms with E-state index in [-0.39, 0.29) is 17.0 Å². The molecule has 0 unspecified atom stereocenters. The van der Waals surface area contributed by atoms with Crippen LogP contribution in [0.4, 0.5) is 5.82 Å². The minimum Gasteiger partial charge on any atom is -0.394 e. The molecule has 6 N–H and O–H groups in total. The summed E-state index contributed by atoms with van der Waals surface area (Å²) in [5.74, 6) is -0.0444.